The number of anilines is 4. The van der Waals surface area contributed by atoms with Gasteiger partial charge in [-0.25, -0.2) is 9.59 Å². The summed E-state index contributed by atoms with van der Waals surface area (Å²) in [5.41, 5.74) is 0.776. The number of rotatable bonds is 13. The zero-order valence-corrected chi connectivity index (χ0v) is 46.9. The highest BCUT2D eigenvalue weighted by Gasteiger charge is 2.35. The predicted molar refractivity (Wildman–Crippen MR) is 269 cm³/mol. The SMILES string of the molecule is CC(=O)OCC(=O)Nc1c(I)c(NC(=O)COC(C)=O)c(I)c(C(=O)CBr)c1I.CC(=O)OCC(=O)c1c(I)c(N(OC(C)=O)C(C)=O)c(I)c(N(OC(C)=O)C(C)=O)c1I. The van der Waals surface area contributed by atoms with Crippen molar-refractivity contribution in [1.82, 2.24) is 0 Å². The largest absolute Gasteiger partial charge is 0.457 e. The third kappa shape index (κ3) is 17.1. The Morgan fingerprint density at radius 3 is 1.08 bits per heavy atom. The Hall–Kier alpha value is -2.13. The molecule has 0 saturated heterocycles. The van der Waals surface area contributed by atoms with Crippen molar-refractivity contribution >= 4 is 239 Å². The Balaban J connectivity index is 0.000000613. The van der Waals surface area contributed by atoms with E-state index in [-0.39, 0.29) is 50.1 Å². The van der Waals surface area contributed by atoms with Gasteiger partial charge in [0.25, 0.3) is 23.6 Å². The molecule has 4 amide bonds. The normalized spacial score (nSPS) is 10.1. The van der Waals surface area contributed by atoms with Gasteiger partial charge in [0.1, 0.15) is 11.4 Å². The van der Waals surface area contributed by atoms with Crippen LogP contribution in [0.15, 0.2) is 0 Å². The number of halogens is 7. The Bertz CT molecular complexity index is 2070. The van der Waals surface area contributed by atoms with Crippen LogP contribution in [0.1, 0.15) is 69.2 Å². The summed E-state index contributed by atoms with van der Waals surface area (Å²) in [5.74, 6) is -7.09. The molecule has 0 aromatic heterocycles. The van der Waals surface area contributed by atoms with Crippen molar-refractivity contribution in [2.75, 3.05) is 45.9 Å². The molecule has 2 aromatic carbocycles. The minimum Gasteiger partial charge on any atom is -0.457 e. The molecular formula is C34H31BrI6N4O16. The number of amides is 4. The summed E-state index contributed by atoms with van der Waals surface area (Å²) < 4.78 is 16.1. The van der Waals surface area contributed by atoms with Crippen molar-refractivity contribution < 1.29 is 76.6 Å². The summed E-state index contributed by atoms with van der Waals surface area (Å²) in [4.78, 5) is 140. The number of carbonyl (C=O) groups excluding carboxylic acids is 11. The maximum absolute atomic E-state index is 12.9. The molecule has 0 atom stereocenters. The predicted octanol–water partition coefficient (Wildman–Crippen LogP) is 5.99. The summed E-state index contributed by atoms with van der Waals surface area (Å²) in [7, 11) is 0. The maximum Gasteiger partial charge on any atom is 0.330 e. The number of hydrogen-bond donors (Lipinski definition) is 2. The second-order valence-electron chi connectivity index (χ2n) is 11.3. The van der Waals surface area contributed by atoms with Gasteiger partial charge in [-0.2, -0.15) is 0 Å². The van der Waals surface area contributed by atoms with E-state index in [9.17, 15) is 52.7 Å². The molecule has 61 heavy (non-hydrogen) atoms. The van der Waals surface area contributed by atoms with Crippen LogP contribution in [0.25, 0.3) is 0 Å². The summed E-state index contributed by atoms with van der Waals surface area (Å²) in [6.45, 7) is 6.28. The topological polar surface area (TPSA) is 264 Å². The third-order valence-corrected chi connectivity index (χ3v) is 13.3. The van der Waals surface area contributed by atoms with Gasteiger partial charge in [0.15, 0.2) is 25.6 Å². The van der Waals surface area contributed by atoms with Crippen LogP contribution in [0.4, 0.5) is 22.7 Å². The van der Waals surface area contributed by atoms with Crippen LogP contribution in [0.3, 0.4) is 0 Å². The number of esters is 3. The number of benzene rings is 2. The molecule has 0 radical (unpaired) electrons. The molecule has 0 aliphatic rings. The molecule has 0 fully saturated rings. The summed E-state index contributed by atoms with van der Waals surface area (Å²) >= 11 is 14.2. The molecule has 0 saturated carbocycles. The Labute approximate surface area is 437 Å². The number of nitrogens with one attached hydrogen (secondary N) is 2. The van der Waals surface area contributed by atoms with Gasteiger partial charge >= 0.3 is 29.8 Å². The summed E-state index contributed by atoms with van der Waals surface area (Å²) in [6.07, 6.45) is 0. The zero-order valence-electron chi connectivity index (χ0n) is 32.4. The van der Waals surface area contributed by atoms with Crippen molar-refractivity contribution in [3.05, 3.63) is 32.5 Å². The number of ether oxygens (including phenoxy) is 3. The molecule has 332 valence electrons. The molecule has 27 heteroatoms. The molecule has 2 rings (SSSR count). The molecular weight excluding hydrogens is 1560 g/mol. The van der Waals surface area contributed by atoms with Gasteiger partial charge in [-0.3, -0.25) is 43.2 Å². The molecule has 0 heterocycles. The van der Waals surface area contributed by atoms with Crippen LogP contribution in [-0.4, -0.2) is 90.2 Å². The lowest BCUT2D eigenvalue weighted by atomic mass is 10.1. The number of hydroxylamine groups is 2. The minimum atomic E-state index is -0.817. The van der Waals surface area contributed by atoms with Crippen LogP contribution in [0.5, 0.6) is 0 Å². The zero-order chi connectivity index (χ0) is 47.2. The highest BCUT2D eigenvalue weighted by atomic mass is 127. The fourth-order valence-electron chi connectivity index (χ4n) is 4.15. The van der Waals surface area contributed by atoms with Crippen LogP contribution in [-0.2, 0) is 67.0 Å². The first kappa shape index (κ1) is 56.9. The fourth-order valence-corrected chi connectivity index (χ4v) is 13.4. The first-order valence-corrected chi connectivity index (χ1v) is 23.8. The molecule has 20 nitrogen and oxygen atoms in total. The van der Waals surface area contributed by atoms with Crippen molar-refractivity contribution in [3.8, 4) is 0 Å². The Morgan fingerprint density at radius 1 is 0.459 bits per heavy atom. The molecule has 2 N–H and O–H groups in total. The van der Waals surface area contributed by atoms with E-state index in [4.69, 9.17) is 14.4 Å². The smallest absolute Gasteiger partial charge is 0.330 e. The van der Waals surface area contributed by atoms with Gasteiger partial charge < -0.3 is 34.5 Å². The quantitative estimate of drug-likeness (QED) is 0.0583. The average Bonchev–Trinajstić information content (AvgIpc) is 3.14. The molecule has 0 unspecified atom stereocenters. The Kier molecular flexibility index (Phi) is 24.8. The lowest BCUT2D eigenvalue weighted by Gasteiger charge is -2.28. The van der Waals surface area contributed by atoms with Crippen LogP contribution < -0.4 is 20.8 Å². The standard InChI is InChI=1S/C18H17I3N2O9.C16H14BrI3N2O7/c1-7(24)22(31-10(4)27)17-14(19)13(12(29)6-30-9(3)26)15(20)18(16(17)21)23(8(2)25)32-11(5)28;1-6(23)28-4-9(26)21-15-12(18)11(8(25)3-17)13(19)16(14(15)20)22-10(27)5-29-7(2)24/h6H2,1-5H3;3-5H2,1-2H3,(H,21,26)(H,22,27). The van der Waals surface area contributed by atoms with Gasteiger partial charge in [0.2, 0.25) is 5.78 Å². The highest BCUT2D eigenvalue weighted by Crippen LogP contribution is 2.43. The summed E-state index contributed by atoms with van der Waals surface area (Å²) in [5, 5.41) is 6.57. The first-order valence-electron chi connectivity index (χ1n) is 16.2. The maximum atomic E-state index is 12.9. The van der Waals surface area contributed by atoms with E-state index in [1.807, 2.05) is 67.8 Å². The molecule has 0 spiro atoms. The van der Waals surface area contributed by atoms with Gasteiger partial charge in [0.05, 0.1) is 36.5 Å². The van der Waals surface area contributed by atoms with Crippen LogP contribution in [0, 0.1) is 21.4 Å². The first-order chi connectivity index (χ1) is 28.2. The van der Waals surface area contributed by atoms with Gasteiger partial charge in [0, 0.05) is 61.2 Å². The highest BCUT2D eigenvalue weighted by molar-refractivity contribution is 14.1. The lowest BCUT2D eigenvalue weighted by Crippen LogP contribution is -2.36. The molecule has 0 bridgehead atoms. The Morgan fingerprint density at radius 2 is 0.787 bits per heavy atom. The van der Waals surface area contributed by atoms with Crippen molar-refractivity contribution in [1.29, 1.82) is 0 Å². The number of hydrogen-bond acceptors (Lipinski definition) is 16. The van der Waals surface area contributed by atoms with Crippen LogP contribution in [0.2, 0.25) is 0 Å². The van der Waals surface area contributed by atoms with Gasteiger partial charge in [-0.05, 0) is 136 Å². The number of nitrogens with zero attached hydrogens (tertiary/aromatic N) is 2. The average molecular weight is 1590 g/mol. The third-order valence-electron chi connectivity index (χ3n) is 6.43. The minimum absolute atomic E-state index is 0.0290. The van der Waals surface area contributed by atoms with Gasteiger partial charge in [-0.1, -0.05) is 15.9 Å². The van der Waals surface area contributed by atoms with E-state index in [0.29, 0.717) is 26.4 Å². The molecule has 0 aliphatic carbocycles. The monoisotopic (exact) mass is 1590 g/mol. The van der Waals surface area contributed by atoms with Gasteiger partial charge in [-0.15, -0.1) is 10.1 Å². The molecule has 2 aromatic rings. The lowest BCUT2D eigenvalue weighted by molar-refractivity contribution is -0.147. The molecule has 0 aliphatic heterocycles. The van der Waals surface area contributed by atoms with Crippen molar-refractivity contribution in [2.24, 2.45) is 0 Å². The van der Waals surface area contributed by atoms with Crippen molar-refractivity contribution in [3.63, 3.8) is 0 Å². The van der Waals surface area contributed by atoms with Crippen LogP contribution >= 0.6 is 151 Å². The fraction of sp³-hybridized carbons (Fsp3) is 0.324. The van der Waals surface area contributed by atoms with E-state index in [1.165, 1.54) is 13.8 Å². The summed E-state index contributed by atoms with van der Waals surface area (Å²) in [6, 6.07) is 0. The number of carbonyl (C=O) groups is 11. The number of ketones is 2. The van der Waals surface area contributed by atoms with E-state index >= 15 is 0 Å². The van der Waals surface area contributed by atoms with E-state index in [1.54, 1.807) is 67.8 Å². The van der Waals surface area contributed by atoms with Crippen molar-refractivity contribution in [2.45, 2.75) is 48.5 Å². The second-order valence-corrected chi connectivity index (χ2v) is 18.3. The number of alkyl halides is 1. The number of Topliss-reactive ketones (excluding diaryl/α,β-unsaturated/α-hetero) is 2. The second kappa shape index (κ2) is 26.6. The van der Waals surface area contributed by atoms with E-state index < -0.39 is 79.1 Å². The van der Waals surface area contributed by atoms with E-state index in [2.05, 4.69) is 36.0 Å². The van der Waals surface area contributed by atoms with E-state index in [0.717, 1.165) is 34.6 Å².